The van der Waals surface area contributed by atoms with Crippen LogP contribution in [0.25, 0.3) is 11.1 Å². The molecule has 1 saturated heterocycles. The van der Waals surface area contributed by atoms with E-state index in [4.69, 9.17) is 9.47 Å². The quantitative estimate of drug-likeness (QED) is 0.550. The standard InChI is InChI=1S/C26H30N2O6/c1-26(2,13-22(29)27-14-16-11-12-33-23(16)24(30)31)28-25(32)34-15-21-19-9-5-3-7-17(19)18-8-4-6-10-20(18)21/h3-10,16,21,23H,11-15H2,1-2H3,(H,27,29)(H,28,32)(H,30,31)/t16-,23-/m0/s1. The number of carbonyl (C=O) groups is 3. The van der Waals surface area contributed by atoms with Crippen LogP contribution in [0.3, 0.4) is 0 Å². The Bertz CT molecular complexity index is 1040. The first-order valence-electron chi connectivity index (χ1n) is 11.5. The van der Waals surface area contributed by atoms with Crippen molar-refractivity contribution in [1.29, 1.82) is 0 Å². The van der Waals surface area contributed by atoms with Gasteiger partial charge in [-0.1, -0.05) is 48.5 Å². The first kappa shape index (κ1) is 23.8. The molecular formula is C26H30N2O6. The van der Waals surface area contributed by atoms with E-state index in [0.717, 1.165) is 22.3 Å². The number of benzene rings is 2. The molecule has 1 aliphatic heterocycles. The monoisotopic (exact) mass is 466 g/mol. The zero-order valence-corrected chi connectivity index (χ0v) is 19.4. The molecule has 0 spiro atoms. The van der Waals surface area contributed by atoms with E-state index in [0.29, 0.717) is 13.0 Å². The molecule has 0 bridgehead atoms. The second-order valence-corrected chi connectivity index (χ2v) is 9.49. The van der Waals surface area contributed by atoms with Crippen molar-refractivity contribution in [2.24, 2.45) is 5.92 Å². The van der Waals surface area contributed by atoms with Crippen LogP contribution in [0.4, 0.5) is 4.79 Å². The summed E-state index contributed by atoms with van der Waals surface area (Å²) in [7, 11) is 0. The minimum Gasteiger partial charge on any atom is -0.479 e. The average molecular weight is 467 g/mol. The van der Waals surface area contributed by atoms with Crippen LogP contribution in [0.2, 0.25) is 0 Å². The summed E-state index contributed by atoms with van der Waals surface area (Å²) in [6, 6.07) is 16.2. The number of aliphatic carboxylic acids is 1. The number of carbonyl (C=O) groups excluding carboxylic acids is 2. The summed E-state index contributed by atoms with van der Waals surface area (Å²) in [5.41, 5.74) is 3.73. The molecule has 180 valence electrons. The molecule has 0 unspecified atom stereocenters. The molecule has 34 heavy (non-hydrogen) atoms. The summed E-state index contributed by atoms with van der Waals surface area (Å²) >= 11 is 0. The van der Waals surface area contributed by atoms with E-state index in [2.05, 4.69) is 34.9 Å². The fourth-order valence-electron chi connectivity index (χ4n) is 4.78. The Hall–Kier alpha value is -3.39. The third-order valence-electron chi connectivity index (χ3n) is 6.41. The van der Waals surface area contributed by atoms with Crippen molar-refractivity contribution in [3.05, 3.63) is 59.7 Å². The molecule has 2 aliphatic rings. The van der Waals surface area contributed by atoms with Gasteiger partial charge in [0.15, 0.2) is 6.10 Å². The summed E-state index contributed by atoms with van der Waals surface area (Å²) in [5.74, 6) is -1.60. The Morgan fingerprint density at radius 2 is 1.68 bits per heavy atom. The second-order valence-electron chi connectivity index (χ2n) is 9.49. The number of rotatable bonds is 8. The van der Waals surface area contributed by atoms with Gasteiger partial charge in [0.05, 0.1) is 0 Å². The molecular weight excluding hydrogens is 436 g/mol. The van der Waals surface area contributed by atoms with Crippen molar-refractivity contribution >= 4 is 18.0 Å². The molecule has 2 atom stereocenters. The van der Waals surface area contributed by atoms with E-state index >= 15 is 0 Å². The Morgan fingerprint density at radius 1 is 1.06 bits per heavy atom. The van der Waals surface area contributed by atoms with Crippen molar-refractivity contribution in [2.45, 2.75) is 44.2 Å². The van der Waals surface area contributed by atoms with Crippen molar-refractivity contribution in [2.75, 3.05) is 19.8 Å². The molecule has 3 N–H and O–H groups in total. The lowest BCUT2D eigenvalue weighted by atomic mass is 9.98. The number of hydrogen-bond acceptors (Lipinski definition) is 5. The van der Waals surface area contributed by atoms with Crippen molar-refractivity contribution in [1.82, 2.24) is 10.6 Å². The van der Waals surface area contributed by atoms with E-state index in [1.807, 2.05) is 24.3 Å². The van der Waals surface area contributed by atoms with Crippen LogP contribution in [0.5, 0.6) is 0 Å². The molecule has 0 saturated carbocycles. The summed E-state index contributed by atoms with van der Waals surface area (Å²) in [6.45, 7) is 4.27. The molecule has 2 aromatic carbocycles. The van der Waals surface area contributed by atoms with Crippen molar-refractivity contribution < 1.29 is 29.0 Å². The van der Waals surface area contributed by atoms with Gasteiger partial charge < -0.3 is 25.2 Å². The van der Waals surface area contributed by atoms with Gasteiger partial charge in [0, 0.05) is 36.9 Å². The minimum absolute atomic E-state index is 0.0303. The molecule has 0 aromatic heterocycles. The predicted octanol–water partition coefficient (Wildman–Crippen LogP) is 3.30. The Balaban J connectivity index is 1.28. The van der Waals surface area contributed by atoms with Gasteiger partial charge in [0.2, 0.25) is 5.91 Å². The van der Waals surface area contributed by atoms with Gasteiger partial charge in [-0.15, -0.1) is 0 Å². The molecule has 0 radical (unpaired) electrons. The number of carboxylic acid groups (broad SMARTS) is 1. The van der Waals surface area contributed by atoms with Crippen molar-refractivity contribution in [3.63, 3.8) is 0 Å². The van der Waals surface area contributed by atoms with E-state index < -0.39 is 23.7 Å². The maximum Gasteiger partial charge on any atom is 0.407 e. The van der Waals surface area contributed by atoms with Crippen LogP contribution in [-0.4, -0.2) is 54.5 Å². The van der Waals surface area contributed by atoms with E-state index in [9.17, 15) is 19.5 Å². The zero-order chi connectivity index (χ0) is 24.3. The minimum atomic E-state index is -1.02. The maximum absolute atomic E-state index is 12.6. The fourth-order valence-corrected chi connectivity index (χ4v) is 4.78. The third-order valence-corrected chi connectivity index (χ3v) is 6.41. The van der Waals surface area contributed by atoms with Gasteiger partial charge in [-0.3, -0.25) is 4.79 Å². The number of amides is 2. The number of alkyl carbamates (subject to hydrolysis) is 1. The number of ether oxygens (including phenoxy) is 2. The van der Waals surface area contributed by atoms with Crippen LogP contribution in [0.1, 0.15) is 43.7 Å². The SMILES string of the molecule is CC(C)(CC(=O)NC[C@@H]1CCO[C@@H]1C(=O)O)NC(=O)OCC1c2ccccc2-c2ccccc21. The highest BCUT2D eigenvalue weighted by atomic mass is 16.5. The highest BCUT2D eigenvalue weighted by molar-refractivity contribution is 5.80. The van der Waals surface area contributed by atoms with Gasteiger partial charge in [-0.25, -0.2) is 9.59 Å². The number of nitrogens with one attached hydrogen (secondary N) is 2. The molecule has 1 aliphatic carbocycles. The smallest absolute Gasteiger partial charge is 0.407 e. The van der Waals surface area contributed by atoms with Gasteiger partial charge in [-0.05, 0) is 42.5 Å². The highest BCUT2D eigenvalue weighted by Gasteiger charge is 2.35. The molecule has 8 heteroatoms. The summed E-state index contributed by atoms with van der Waals surface area (Å²) in [6.07, 6.45) is -0.872. The highest BCUT2D eigenvalue weighted by Crippen LogP contribution is 2.44. The number of hydrogen-bond donors (Lipinski definition) is 3. The predicted molar refractivity (Wildman–Crippen MR) is 125 cm³/mol. The number of fused-ring (bicyclic) bond motifs is 3. The van der Waals surface area contributed by atoms with Crippen LogP contribution in [0.15, 0.2) is 48.5 Å². The van der Waals surface area contributed by atoms with E-state index in [-0.39, 0.29) is 37.3 Å². The zero-order valence-electron chi connectivity index (χ0n) is 19.4. The van der Waals surface area contributed by atoms with E-state index in [1.54, 1.807) is 13.8 Å². The molecule has 1 heterocycles. The Kier molecular flexibility index (Phi) is 6.88. The third kappa shape index (κ3) is 5.22. The van der Waals surface area contributed by atoms with Gasteiger partial charge >= 0.3 is 12.1 Å². The van der Waals surface area contributed by atoms with Crippen LogP contribution in [-0.2, 0) is 19.1 Å². The lowest BCUT2D eigenvalue weighted by molar-refractivity contribution is -0.149. The molecule has 4 rings (SSSR count). The Labute approximate surface area is 198 Å². The first-order chi connectivity index (χ1) is 16.2. The molecule has 2 aromatic rings. The first-order valence-corrected chi connectivity index (χ1v) is 11.5. The lowest BCUT2D eigenvalue weighted by Crippen LogP contribution is -2.48. The van der Waals surface area contributed by atoms with Crippen LogP contribution >= 0.6 is 0 Å². The Morgan fingerprint density at radius 3 is 2.29 bits per heavy atom. The lowest BCUT2D eigenvalue weighted by Gasteiger charge is -2.26. The van der Waals surface area contributed by atoms with Crippen LogP contribution in [0, 0.1) is 5.92 Å². The maximum atomic E-state index is 12.6. The second kappa shape index (κ2) is 9.85. The largest absolute Gasteiger partial charge is 0.479 e. The normalized spacial score (nSPS) is 19.2. The fraction of sp³-hybridized carbons (Fsp3) is 0.423. The topological polar surface area (TPSA) is 114 Å². The summed E-state index contributed by atoms with van der Waals surface area (Å²) in [5, 5.41) is 14.7. The van der Waals surface area contributed by atoms with E-state index in [1.165, 1.54) is 0 Å². The average Bonchev–Trinajstić information content (AvgIpc) is 3.38. The van der Waals surface area contributed by atoms with Gasteiger partial charge in [0.1, 0.15) is 6.61 Å². The molecule has 8 nitrogen and oxygen atoms in total. The number of carboxylic acids is 1. The van der Waals surface area contributed by atoms with Gasteiger partial charge in [0.25, 0.3) is 0 Å². The van der Waals surface area contributed by atoms with Crippen molar-refractivity contribution in [3.8, 4) is 11.1 Å². The summed E-state index contributed by atoms with van der Waals surface area (Å²) < 4.78 is 10.8. The van der Waals surface area contributed by atoms with Gasteiger partial charge in [-0.2, -0.15) is 0 Å². The molecule has 1 fully saturated rings. The summed E-state index contributed by atoms with van der Waals surface area (Å²) in [4.78, 5) is 36.2. The molecule has 2 amide bonds. The van der Waals surface area contributed by atoms with Crippen LogP contribution < -0.4 is 10.6 Å².